The van der Waals surface area contributed by atoms with Crippen molar-refractivity contribution >= 4 is 11.6 Å². The van der Waals surface area contributed by atoms with E-state index >= 15 is 0 Å². The Balaban J connectivity index is 1.38. The van der Waals surface area contributed by atoms with Crippen LogP contribution < -0.4 is 5.32 Å². The summed E-state index contributed by atoms with van der Waals surface area (Å²) in [6.07, 6.45) is 5.71. The minimum Gasteiger partial charge on any atom is -0.464 e. The number of aromatic nitrogens is 3. The standard InChI is InChI=1S/C20H18N4O2/c1-14-8-10-21-19-18(23-13-24(14)19)20(25)22-11-9-15-4-6-16(7-5-15)17-3-2-12-26-17/h2-8,10,12-13H,9,11H2,1H3,(H,22,25). The molecule has 3 aromatic heterocycles. The molecular weight excluding hydrogens is 328 g/mol. The zero-order valence-corrected chi connectivity index (χ0v) is 14.3. The van der Waals surface area contributed by atoms with Crippen LogP contribution in [0.2, 0.25) is 0 Å². The predicted molar refractivity (Wildman–Crippen MR) is 97.9 cm³/mol. The lowest BCUT2D eigenvalue weighted by Gasteiger charge is -2.05. The van der Waals surface area contributed by atoms with Gasteiger partial charge in [0.15, 0.2) is 11.3 Å². The van der Waals surface area contributed by atoms with Crippen LogP contribution in [-0.4, -0.2) is 26.8 Å². The minimum absolute atomic E-state index is 0.210. The van der Waals surface area contributed by atoms with E-state index in [-0.39, 0.29) is 5.91 Å². The summed E-state index contributed by atoms with van der Waals surface area (Å²) in [5.74, 6) is 0.636. The number of hydrogen-bond donors (Lipinski definition) is 1. The lowest BCUT2D eigenvalue weighted by atomic mass is 10.1. The number of aryl methyl sites for hydroxylation is 1. The molecule has 1 amide bonds. The zero-order valence-electron chi connectivity index (χ0n) is 14.3. The number of rotatable bonds is 5. The SMILES string of the molecule is Cc1ccnc2c(C(=O)NCCc3ccc(-c4ccco4)cc3)ncn12. The summed E-state index contributed by atoms with van der Waals surface area (Å²) in [5.41, 5.74) is 4.09. The second-order valence-electron chi connectivity index (χ2n) is 6.05. The molecule has 6 heteroatoms. The molecule has 0 aliphatic heterocycles. The van der Waals surface area contributed by atoms with E-state index in [1.807, 2.05) is 53.8 Å². The van der Waals surface area contributed by atoms with Gasteiger partial charge in [-0.1, -0.05) is 24.3 Å². The molecule has 3 heterocycles. The Morgan fingerprint density at radius 1 is 1.15 bits per heavy atom. The molecule has 0 aliphatic carbocycles. The smallest absolute Gasteiger partial charge is 0.273 e. The van der Waals surface area contributed by atoms with E-state index in [2.05, 4.69) is 15.3 Å². The number of carbonyl (C=O) groups is 1. The fraction of sp³-hybridized carbons (Fsp3) is 0.150. The fourth-order valence-electron chi connectivity index (χ4n) is 2.86. The van der Waals surface area contributed by atoms with E-state index < -0.39 is 0 Å². The topological polar surface area (TPSA) is 72.4 Å². The van der Waals surface area contributed by atoms with Crippen molar-refractivity contribution in [1.82, 2.24) is 19.7 Å². The van der Waals surface area contributed by atoms with Crippen LogP contribution in [-0.2, 0) is 6.42 Å². The number of benzene rings is 1. The van der Waals surface area contributed by atoms with Gasteiger partial charge in [0.05, 0.1) is 6.26 Å². The number of hydrogen-bond acceptors (Lipinski definition) is 4. The van der Waals surface area contributed by atoms with Gasteiger partial charge in [0.1, 0.15) is 12.1 Å². The highest BCUT2D eigenvalue weighted by Crippen LogP contribution is 2.20. The predicted octanol–water partition coefficient (Wildman–Crippen LogP) is 3.27. The highest BCUT2D eigenvalue weighted by Gasteiger charge is 2.14. The molecule has 6 nitrogen and oxygen atoms in total. The summed E-state index contributed by atoms with van der Waals surface area (Å²) < 4.78 is 7.19. The number of imidazole rings is 1. The van der Waals surface area contributed by atoms with Crippen LogP contribution in [0.5, 0.6) is 0 Å². The lowest BCUT2D eigenvalue weighted by molar-refractivity contribution is 0.0951. The molecule has 130 valence electrons. The molecule has 0 fully saturated rings. The third kappa shape index (κ3) is 3.09. The van der Waals surface area contributed by atoms with Crippen LogP contribution in [0.25, 0.3) is 17.0 Å². The number of amides is 1. The maximum atomic E-state index is 12.4. The third-order valence-electron chi connectivity index (χ3n) is 4.31. The summed E-state index contributed by atoms with van der Waals surface area (Å²) in [6, 6.07) is 13.8. The van der Waals surface area contributed by atoms with Gasteiger partial charge in [-0.15, -0.1) is 0 Å². The van der Waals surface area contributed by atoms with Crippen LogP contribution in [0.4, 0.5) is 0 Å². The van der Waals surface area contributed by atoms with Crippen molar-refractivity contribution in [2.24, 2.45) is 0 Å². The molecular formula is C20H18N4O2. The number of carbonyl (C=O) groups excluding carboxylic acids is 1. The van der Waals surface area contributed by atoms with Crippen LogP contribution >= 0.6 is 0 Å². The molecule has 4 rings (SSSR count). The van der Waals surface area contributed by atoms with E-state index in [1.54, 1.807) is 18.8 Å². The van der Waals surface area contributed by atoms with Gasteiger partial charge in [-0.25, -0.2) is 9.97 Å². The van der Waals surface area contributed by atoms with Gasteiger partial charge in [0.2, 0.25) is 0 Å². The van der Waals surface area contributed by atoms with Crippen molar-refractivity contribution in [1.29, 1.82) is 0 Å². The van der Waals surface area contributed by atoms with Crippen LogP contribution in [0.1, 0.15) is 21.7 Å². The second kappa shape index (κ2) is 6.84. The Morgan fingerprint density at radius 2 is 2.00 bits per heavy atom. The first kappa shape index (κ1) is 16.1. The molecule has 0 aliphatic rings. The highest BCUT2D eigenvalue weighted by molar-refractivity contribution is 5.97. The van der Waals surface area contributed by atoms with E-state index in [0.717, 1.165) is 29.0 Å². The molecule has 26 heavy (non-hydrogen) atoms. The molecule has 0 spiro atoms. The Hall–Kier alpha value is -3.41. The van der Waals surface area contributed by atoms with Gasteiger partial charge in [-0.2, -0.15) is 0 Å². The fourth-order valence-corrected chi connectivity index (χ4v) is 2.86. The third-order valence-corrected chi connectivity index (χ3v) is 4.31. The van der Waals surface area contributed by atoms with Crippen molar-refractivity contribution < 1.29 is 9.21 Å². The number of fused-ring (bicyclic) bond motifs is 1. The largest absolute Gasteiger partial charge is 0.464 e. The van der Waals surface area contributed by atoms with Gasteiger partial charge in [0.25, 0.3) is 5.91 Å². The molecule has 0 radical (unpaired) electrons. The number of nitrogens with one attached hydrogen (secondary N) is 1. The van der Waals surface area contributed by atoms with Crippen LogP contribution in [0, 0.1) is 6.92 Å². The monoisotopic (exact) mass is 346 g/mol. The quantitative estimate of drug-likeness (QED) is 0.602. The van der Waals surface area contributed by atoms with E-state index in [1.165, 1.54) is 0 Å². The van der Waals surface area contributed by atoms with Crippen LogP contribution in [0.15, 0.2) is 65.7 Å². The van der Waals surface area contributed by atoms with Gasteiger partial charge >= 0.3 is 0 Å². The van der Waals surface area contributed by atoms with Gasteiger partial charge in [-0.3, -0.25) is 9.20 Å². The van der Waals surface area contributed by atoms with E-state index in [9.17, 15) is 4.79 Å². The normalized spacial score (nSPS) is 11.0. The summed E-state index contributed by atoms with van der Waals surface area (Å²) in [6.45, 7) is 2.48. The molecule has 0 atom stereocenters. The Kier molecular flexibility index (Phi) is 4.23. The average Bonchev–Trinajstić information content (AvgIpc) is 3.33. The van der Waals surface area contributed by atoms with Gasteiger partial charge in [-0.05, 0) is 37.1 Å². The van der Waals surface area contributed by atoms with Crippen molar-refractivity contribution in [3.05, 3.63) is 78.2 Å². The zero-order chi connectivity index (χ0) is 17.9. The average molecular weight is 346 g/mol. The minimum atomic E-state index is -0.210. The molecule has 0 saturated carbocycles. The molecule has 0 saturated heterocycles. The van der Waals surface area contributed by atoms with Crippen molar-refractivity contribution in [3.8, 4) is 11.3 Å². The molecule has 0 bridgehead atoms. The summed E-state index contributed by atoms with van der Waals surface area (Å²) in [5, 5.41) is 2.91. The van der Waals surface area contributed by atoms with E-state index in [0.29, 0.717) is 17.9 Å². The summed E-state index contributed by atoms with van der Waals surface area (Å²) in [7, 11) is 0. The second-order valence-corrected chi connectivity index (χ2v) is 6.05. The Bertz CT molecular complexity index is 1030. The maximum absolute atomic E-state index is 12.4. The molecule has 1 N–H and O–H groups in total. The maximum Gasteiger partial charge on any atom is 0.273 e. The van der Waals surface area contributed by atoms with Gasteiger partial charge in [0, 0.05) is 24.0 Å². The van der Waals surface area contributed by atoms with Crippen LogP contribution in [0.3, 0.4) is 0 Å². The molecule has 4 aromatic rings. The number of furan rings is 1. The number of nitrogens with zero attached hydrogens (tertiary/aromatic N) is 3. The first-order valence-electron chi connectivity index (χ1n) is 8.42. The van der Waals surface area contributed by atoms with Gasteiger partial charge < -0.3 is 9.73 Å². The first-order valence-corrected chi connectivity index (χ1v) is 8.42. The van der Waals surface area contributed by atoms with Crippen molar-refractivity contribution in [2.45, 2.75) is 13.3 Å². The summed E-state index contributed by atoms with van der Waals surface area (Å²) >= 11 is 0. The Labute approximate surface area is 150 Å². The summed E-state index contributed by atoms with van der Waals surface area (Å²) in [4.78, 5) is 20.8. The highest BCUT2D eigenvalue weighted by atomic mass is 16.3. The van der Waals surface area contributed by atoms with Crippen molar-refractivity contribution in [2.75, 3.05) is 6.54 Å². The lowest BCUT2D eigenvalue weighted by Crippen LogP contribution is -2.26. The van der Waals surface area contributed by atoms with Crippen molar-refractivity contribution in [3.63, 3.8) is 0 Å². The molecule has 0 unspecified atom stereocenters. The molecule has 1 aromatic carbocycles. The van der Waals surface area contributed by atoms with E-state index in [4.69, 9.17) is 4.42 Å². The Morgan fingerprint density at radius 3 is 2.77 bits per heavy atom. The first-order chi connectivity index (χ1) is 12.7.